The van der Waals surface area contributed by atoms with Gasteiger partial charge in [-0.3, -0.25) is 0 Å². The Hall–Kier alpha value is -0.0400. The van der Waals surface area contributed by atoms with Crippen LogP contribution in [0.4, 0.5) is 0 Å². The molecule has 2 unspecified atom stereocenters. The van der Waals surface area contributed by atoms with Gasteiger partial charge in [-0.2, -0.15) is 0 Å². The van der Waals surface area contributed by atoms with Crippen molar-refractivity contribution in [1.29, 1.82) is 0 Å². The van der Waals surface area contributed by atoms with Crippen molar-refractivity contribution in [2.75, 3.05) is 7.05 Å². The minimum atomic E-state index is 0.803. The molecule has 0 saturated heterocycles. The molecule has 0 aromatic heterocycles. The van der Waals surface area contributed by atoms with Crippen LogP contribution in [-0.4, -0.2) is 13.1 Å². The molecule has 1 aliphatic carbocycles. The van der Waals surface area contributed by atoms with Crippen LogP contribution in [0.3, 0.4) is 0 Å². The standard InChI is InChI=1S/C12H25N/c1-3-7-11-8-5-4-6-9-12(10-11)13-2/h11-13H,3-10H2,1-2H3. The summed E-state index contributed by atoms with van der Waals surface area (Å²) in [6, 6.07) is 0.803. The predicted octanol–water partition coefficient (Wildman–Crippen LogP) is 3.34. The first kappa shape index (κ1) is 11.0. The third-order valence-electron chi connectivity index (χ3n) is 3.39. The lowest BCUT2D eigenvalue weighted by atomic mass is 9.86. The Morgan fingerprint density at radius 1 is 1.15 bits per heavy atom. The molecule has 0 aliphatic heterocycles. The number of hydrogen-bond acceptors (Lipinski definition) is 1. The fraction of sp³-hybridized carbons (Fsp3) is 1.00. The second kappa shape index (κ2) is 6.42. The van der Waals surface area contributed by atoms with Gasteiger partial charge in [-0.15, -0.1) is 0 Å². The fourth-order valence-electron chi connectivity index (χ4n) is 2.57. The van der Waals surface area contributed by atoms with Crippen LogP contribution < -0.4 is 5.32 Å². The van der Waals surface area contributed by atoms with E-state index in [1.807, 2.05) is 0 Å². The van der Waals surface area contributed by atoms with Gasteiger partial charge in [0.15, 0.2) is 0 Å². The van der Waals surface area contributed by atoms with E-state index in [1.165, 1.54) is 51.4 Å². The molecule has 2 atom stereocenters. The molecular formula is C12H25N. The maximum Gasteiger partial charge on any atom is 0.00667 e. The third kappa shape index (κ3) is 4.12. The Morgan fingerprint density at radius 3 is 2.62 bits per heavy atom. The van der Waals surface area contributed by atoms with Gasteiger partial charge in [-0.05, 0) is 25.8 Å². The normalized spacial score (nSPS) is 30.9. The molecule has 0 bridgehead atoms. The van der Waals surface area contributed by atoms with Crippen LogP contribution in [0.1, 0.15) is 58.3 Å². The molecule has 13 heavy (non-hydrogen) atoms. The summed E-state index contributed by atoms with van der Waals surface area (Å²) in [6.07, 6.45) is 11.5. The van der Waals surface area contributed by atoms with Gasteiger partial charge in [0.25, 0.3) is 0 Å². The third-order valence-corrected chi connectivity index (χ3v) is 3.39. The molecule has 0 aromatic rings. The van der Waals surface area contributed by atoms with Crippen molar-refractivity contribution >= 4 is 0 Å². The van der Waals surface area contributed by atoms with Gasteiger partial charge in [-0.25, -0.2) is 0 Å². The molecule has 0 radical (unpaired) electrons. The van der Waals surface area contributed by atoms with Gasteiger partial charge in [0.2, 0.25) is 0 Å². The SMILES string of the molecule is CCCC1CCCCCC(NC)C1. The summed E-state index contributed by atoms with van der Waals surface area (Å²) >= 11 is 0. The van der Waals surface area contributed by atoms with Gasteiger partial charge in [-0.1, -0.05) is 45.4 Å². The zero-order chi connectivity index (χ0) is 9.52. The number of nitrogens with one attached hydrogen (secondary N) is 1. The monoisotopic (exact) mass is 183 g/mol. The Morgan fingerprint density at radius 2 is 1.92 bits per heavy atom. The highest BCUT2D eigenvalue weighted by molar-refractivity contribution is 4.73. The summed E-state index contributed by atoms with van der Waals surface area (Å²) in [5.41, 5.74) is 0. The molecule has 1 fully saturated rings. The molecule has 1 nitrogen and oxygen atoms in total. The van der Waals surface area contributed by atoms with Crippen molar-refractivity contribution < 1.29 is 0 Å². The number of rotatable bonds is 3. The Bertz CT molecular complexity index is 122. The van der Waals surface area contributed by atoms with Gasteiger partial charge < -0.3 is 5.32 Å². The fourth-order valence-corrected chi connectivity index (χ4v) is 2.57. The van der Waals surface area contributed by atoms with E-state index in [2.05, 4.69) is 19.3 Å². The first-order chi connectivity index (χ1) is 6.36. The minimum Gasteiger partial charge on any atom is -0.317 e. The van der Waals surface area contributed by atoms with Crippen LogP contribution in [-0.2, 0) is 0 Å². The second-order valence-corrected chi connectivity index (χ2v) is 4.51. The maximum atomic E-state index is 3.46. The maximum absolute atomic E-state index is 3.46. The van der Waals surface area contributed by atoms with Crippen molar-refractivity contribution in [3.8, 4) is 0 Å². The van der Waals surface area contributed by atoms with Crippen molar-refractivity contribution in [1.82, 2.24) is 5.32 Å². The van der Waals surface area contributed by atoms with E-state index >= 15 is 0 Å². The Balaban J connectivity index is 2.33. The summed E-state index contributed by atoms with van der Waals surface area (Å²) in [4.78, 5) is 0. The second-order valence-electron chi connectivity index (χ2n) is 4.51. The van der Waals surface area contributed by atoms with E-state index in [1.54, 1.807) is 0 Å². The highest BCUT2D eigenvalue weighted by Crippen LogP contribution is 2.25. The van der Waals surface area contributed by atoms with Crippen LogP contribution in [0, 0.1) is 5.92 Å². The summed E-state index contributed by atoms with van der Waals surface area (Å²) in [6.45, 7) is 2.31. The zero-order valence-electron chi connectivity index (χ0n) is 9.31. The molecule has 0 aromatic carbocycles. The predicted molar refractivity (Wildman–Crippen MR) is 58.9 cm³/mol. The van der Waals surface area contributed by atoms with Crippen LogP contribution in [0.25, 0.3) is 0 Å². The largest absolute Gasteiger partial charge is 0.317 e. The molecule has 1 heteroatoms. The van der Waals surface area contributed by atoms with Crippen molar-refractivity contribution in [2.45, 2.75) is 64.3 Å². The lowest BCUT2D eigenvalue weighted by molar-refractivity contribution is 0.307. The first-order valence-corrected chi connectivity index (χ1v) is 6.04. The van der Waals surface area contributed by atoms with Crippen molar-refractivity contribution in [3.05, 3.63) is 0 Å². The molecule has 0 heterocycles. The Kier molecular flexibility index (Phi) is 5.45. The summed E-state index contributed by atoms with van der Waals surface area (Å²) in [5, 5.41) is 3.46. The summed E-state index contributed by atoms with van der Waals surface area (Å²) in [7, 11) is 2.12. The van der Waals surface area contributed by atoms with Crippen LogP contribution in [0.15, 0.2) is 0 Å². The Labute approximate surface area is 83.3 Å². The van der Waals surface area contributed by atoms with E-state index in [-0.39, 0.29) is 0 Å². The van der Waals surface area contributed by atoms with E-state index < -0.39 is 0 Å². The average Bonchev–Trinajstić information content (AvgIpc) is 2.09. The molecule has 1 saturated carbocycles. The minimum absolute atomic E-state index is 0.803. The van der Waals surface area contributed by atoms with E-state index in [9.17, 15) is 0 Å². The molecule has 78 valence electrons. The van der Waals surface area contributed by atoms with Crippen LogP contribution in [0.5, 0.6) is 0 Å². The molecule has 0 amide bonds. The van der Waals surface area contributed by atoms with Gasteiger partial charge in [0.1, 0.15) is 0 Å². The van der Waals surface area contributed by atoms with E-state index in [0.29, 0.717) is 0 Å². The van der Waals surface area contributed by atoms with Crippen LogP contribution >= 0.6 is 0 Å². The van der Waals surface area contributed by atoms with Gasteiger partial charge >= 0.3 is 0 Å². The lowest BCUT2D eigenvalue weighted by Gasteiger charge is -2.25. The molecule has 1 rings (SSSR count). The molecular weight excluding hydrogens is 158 g/mol. The highest BCUT2D eigenvalue weighted by Gasteiger charge is 2.16. The van der Waals surface area contributed by atoms with Crippen LogP contribution in [0.2, 0.25) is 0 Å². The average molecular weight is 183 g/mol. The van der Waals surface area contributed by atoms with E-state index in [0.717, 1.165) is 12.0 Å². The smallest absolute Gasteiger partial charge is 0.00667 e. The van der Waals surface area contributed by atoms with Crippen molar-refractivity contribution in [2.24, 2.45) is 5.92 Å². The van der Waals surface area contributed by atoms with Gasteiger partial charge in [0.05, 0.1) is 0 Å². The number of hydrogen-bond donors (Lipinski definition) is 1. The topological polar surface area (TPSA) is 12.0 Å². The zero-order valence-corrected chi connectivity index (χ0v) is 9.31. The van der Waals surface area contributed by atoms with E-state index in [4.69, 9.17) is 0 Å². The molecule has 1 aliphatic rings. The summed E-state index contributed by atoms with van der Waals surface area (Å²) < 4.78 is 0. The lowest BCUT2D eigenvalue weighted by Crippen LogP contribution is -2.28. The van der Waals surface area contributed by atoms with Gasteiger partial charge in [0, 0.05) is 6.04 Å². The molecule has 0 spiro atoms. The first-order valence-electron chi connectivity index (χ1n) is 6.04. The summed E-state index contributed by atoms with van der Waals surface area (Å²) in [5.74, 6) is 1.00. The highest BCUT2D eigenvalue weighted by atomic mass is 14.9. The van der Waals surface area contributed by atoms with Crippen molar-refractivity contribution in [3.63, 3.8) is 0 Å². The quantitative estimate of drug-likeness (QED) is 0.707. The molecule has 1 N–H and O–H groups in total.